The summed E-state index contributed by atoms with van der Waals surface area (Å²) in [6.45, 7) is 3.47. The van der Waals surface area contributed by atoms with Gasteiger partial charge in [0.1, 0.15) is 5.75 Å². The highest BCUT2D eigenvalue weighted by molar-refractivity contribution is 5.64. The van der Waals surface area contributed by atoms with Crippen LogP contribution in [0.3, 0.4) is 0 Å². The van der Waals surface area contributed by atoms with E-state index in [4.69, 9.17) is 0 Å². The monoisotopic (exact) mass is 480 g/mol. The molecule has 35 heavy (non-hydrogen) atoms. The van der Waals surface area contributed by atoms with Gasteiger partial charge in [-0.05, 0) is 65.6 Å². The summed E-state index contributed by atoms with van der Waals surface area (Å²) in [7, 11) is 0. The molecule has 3 aromatic rings. The molecule has 0 heterocycles. The molecule has 0 aliphatic heterocycles. The number of hydrogen-bond donors (Lipinski definition) is 0. The second-order valence-corrected chi connectivity index (χ2v) is 8.79. The highest BCUT2D eigenvalue weighted by atomic mass is 19.3. The average molecular weight is 481 g/mol. The van der Waals surface area contributed by atoms with E-state index < -0.39 is 6.61 Å². The van der Waals surface area contributed by atoms with E-state index in [-0.39, 0.29) is 5.75 Å². The zero-order valence-electron chi connectivity index (χ0n) is 21.7. The van der Waals surface area contributed by atoms with E-state index in [2.05, 4.69) is 60.2 Å². The van der Waals surface area contributed by atoms with Crippen molar-refractivity contribution < 1.29 is 13.5 Å². The fourth-order valence-corrected chi connectivity index (χ4v) is 4.14. The Balaban J connectivity index is 0.00000210. The number of ether oxygens (including phenoxy) is 1. The predicted octanol–water partition coefficient (Wildman–Crippen LogP) is 10.1. The molecule has 0 aliphatic rings. The van der Waals surface area contributed by atoms with Gasteiger partial charge in [0.2, 0.25) is 0 Å². The Bertz CT molecular complexity index is 915. The summed E-state index contributed by atoms with van der Waals surface area (Å²) in [5.74, 6) is 0.179. The molecule has 3 rings (SSSR count). The van der Waals surface area contributed by atoms with Gasteiger partial charge in [-0.2, -0.15) is 8.78 Å². The Morgan fingerprint density at radius 2 is 0.943 bits per heavy atom. The molecule has 0 saturated carbocycles. The van der Waals surface area contributed by atoms with E-state index in [0.717, 1.165) is 24.0 Å². The topological polar surface area (TPSA) is 9.23 Å². The third kappa shape index (κ3) is 11.1. The lowest BCUT2D eigenvalue weighted by Gasteiger charge is -2.08. The standard InChI is InChI=1S/C30H36F2O.C2H6/c1-2-3-4-5-6-7-8-9-24-10-12-25(13-11-24)14-15-26-16-18-27(19-17-26)28-20-22-29(23-21-28)33-30(31)32;1-2/h10-13,16-23,30H,2-9,14-15H2,1H3;1-2H3. The third-order valence-electron chi connectivity index (χ3n) is 6.16. The van der Waals surface area contributed by atoms with Crippen LogP contribution in [0.5, 0.6) is 5.75 Å². The highest BCUT2D eigenvalue weighted by Gasteiger charge is 2.05. The number of benzene rings is 3. The molecule has 3 heteroatoms. The normalized spacial score (nSPS) is 10.7. The molecule has 0 bridgehead atoms. The van der Waals surface area contributed by atoms with Gasteiger partial charge < -0.3 is 4.74 Å². The molecule has 190 valence electrons. The first-order valence-corrected chi connectivity index (χ1v) is 13.4. The molecule has 0 atom stereocenters. The molecule has 0 aliphatic carbocycles. The third-order valence-corrected chi connectivity index (χ3v) is 6.16. The van der Waals surface area contributed by atoms with E-state index in [0.29, 0.717) is 0 Å². The molecule has 0 spiro atoms. The van der Waals surface area contributed by atoms with E-state index in [1.54, 1.807) is 24.3 Å². The van der Waals surface area contributed by atoms with Gasteiger partial charge >= 0.3 is 6.61 Å². The quantitative estimate of drug-likeness (QED) is 0.209. The molecule has 0 aromatic heterocycles. The molecule has 0 fully saturated rings. The Hall–Kier alpha value is -2.68. The summed E-state index contributed by atoms with van der Waals surface area (Å²) in [6.07, 6.45) is 12.7. The van der Waals surface area contributed by atoms with E-state index >= 15 is 0 Å². The van der Waals surface area contributed by atoms with Crippen molar-refractivity contribution in [3.63, 3.8) is 0 Å². The summed E-state index contributed by atoms with van der Waals surface area (Å²) < 4.78 is 29.0. The molecule has 0 amide bonds. The Labute approximate surface area is 211 Å². The molecule has 0 radical (unpaired) electrons. The minimum Gasteiger partial charge on any atom is -0.435 e. The molecule has 0 saturated heterocycles. The average Bonchev–Trinajstić information content (AvgIpc) is 2.89. The zero-order chi connectivity index (χ0) is 25.3. The van der Waals surface area contributed by atoms with Crippen LogP contribution in [0.15, 0.2) is 72.8 Å². The Morgan fingerprint density at radius 3 is 1.43 bits per heavy atom. The fourth-order valence-electron chi connectivity index (χ4n) is 4.14. The first kappa shape index (κ1) is 28.6. The van der Waals surface area contributed by atoms with Gasteiger partial charge in [-0.25, -0.2) is 0 Å². The van der Waals surface area contributed by atoms with Crippen molar-refractivity contribution in [1.82, 2.24) is 0 Å². The largest absolute Gasteiger partial charge is 0.435 e. The lowest BCUT2D eigenvalue weighted by Crippen LogP contribution is -2.01. The molecule has 0 unspecified atom stereocenters. The van der Waals surface area contributed by atoms with Gasteiger partial charge in [-0.3, -0.25) is 0 Å². The SMILES string of the molecule is CC.CCCCCCCCCc1ccc(CCc2ccc(-c3ccc(OC(F)F)cc3)cc2)cc1. The van der Waals surface area contributed by atoms with Crippen LogP contribution in [0.4, 0.5) is 8.78 Å². The van der Waals surface area contributed by atoms with Gasteiger partial charge in [0.15, 0.2) is 0 Å². The van der Waals surface area contributed by atoms with Crippen LogP contribution >= 0.6 is 0 Å². The van der Waals surface area contributed by atoms with Crippen LogP contribution in [-0.4, -0.2) is 6.61 Å². The first-order chi connectivity index (χ1) is 17.1. The van der Waals surface area contributed by atoms with Crippen molar-refractivity contribution in [2.45, 2.75) is 91.6 Å². The number of halogens is 2. The molecule has 0 N–H and O–H groups in total. The summed E-state index contributed by atoms with van der Waals surface area (Å²) in [5, 5.41) is 0. The maximum atomic E-state index is 12.3. The zero-order valence-corrected chi connectivity index (χ0v) is 21.7. The number of hydrogen-bond acceptors (Lipinski definition) is 1. The Morgan fingerprint density at radius 1 is 0.543 bits per heavy atom. The van der Waals surface area contributed by atoms with Crippen molar-refractivity contribution in [3.05, 3.63) is 89.5 Å². The van der Waals surface area contributed by atoms with E-state index in [1.165, 1.54) is 68.1 Å². The second kappa shape index (κ2) is 16.9. The number of rotatable bonds is 14. The van der Waals surface area contributed by atoms with E-state index in [1.807, 2.05) is 13.8 Å². The van der Waals surface area contributed by atoms with Crippen molar-refractivity contribution >= 4 is 0 Å². The number of alkyl halides is 2. The predicted molar refractivity (Wildman–Crippen MR) is 145 cm³/mol. The minimum atomic E-state index is -2.79. The van der Waals surface area contributed by atoms with Crippen molar-refractivity contribution in [2.24, 2.45) is 0 Å². The van der Waals surface area contributed by atoms with Gasteiger partial charge in [0.05, 0.1) is 0 Å². The second-order valence-electron chi connectivity index (χ2n) is 8.79. The van der Waals surface area contributed by atoms with Crippen LogP contribution in [0.25, 0.3) is 11.1 Å². The summed E-state index contributed by atoms with van der Waals surface area (Å²) >= 11 is 0. The maximum absolute atomic E-state index is 12.3. The first-order valence-electron chi connectivity index (χ1n) is 13.4. The van der Waals surface area contributed by atoms with Crippen LogP contribution in [0.2, 0.25) is 0 Å². The summed E-state index contributed by atoms with van der Waals surface area (Å²) in [5.41, 5.74) is 6.17. The minimum absolute atomic E-state index is 0.179. The van der Waals surface area contributed by atoms with Gasteiger partial charge in [0, 0.05) is 0 Å². The van der Waals surface area contributed by atoms with Gasteiger partial charge in [-0.15, -0.1) is 0 Å². The van der Waals surface area contributed by atoms with Gasteiger partial charge in [-0.1, -0.05) is 120 Å². The lowest BCUT2D eigenvalue weighted by molar-refractivity contribution is -0.0498. The fraction of sp³-hybridized carbons (Fsp3) is 0.438. The van der Waals surface area contributed by atoms with Crippen LogP contribution in [0, 0.1) is 0 Å². The lowest BCUT2D eigenvalue weighted by atomic mass is 9.99. The number of unbranched alkanes of at least 4 members (excludes halogenated alkanes) is 6. The van der Waals surface area contributed by atoms with Crippen LogP contribution in [-0.2, 0) is 19.3 Å². The molecule has 1 nitrogen and oxygen atoms in total. The van der Waals surface area contributed by atoms with Crippen molar-refractivity contribution in [3.8, 4) is 16.9 Å². The molecular formula is C32H42F2O. The number of aryl methyl sites for hydroxylation is 3. The van der Waals surface area contributed by atoms with Crippen LogP contribution < -0.4 is 4.74 Å². The summed E-state index contributed by atoms with van der Waals surface area (Å²) in [6, 6.07) is 24.4. The smallest absolute Gasteiger partial charge is 0.387 e. The van der Waals surface area contributed by atoms with Crippen molar-refractivity contribution in [2.75, 3.05) is 0 Å². The van der Waals surface area contributed by atoms with Crippen molar-refractivity contribution in [1.29, 1.82) is 0 Å². The van der Waals surface area contributed by atoms with E-state index in [9.17, 15) is 8.78 Å². The molecule has 3 aromatic carbocycles. The highest BCUT2D eigenvalue weighted by Crippen LogP contribution is 2.24. The van der Waals surface area contributed by atoms with Crippen LogP contribution in [0.1, 0.15) is 82.4 Å². The van der Waals surface area contributed by atoms with Gasteiger partial charge in [0.25, 0.3) is 0 Å². The molecular weight excluding hydrogens is 438 g/mol. The maximum Gasteiger partial charge on any atom is 0.387 e. The Kier molecular flexibility index (Phi) is 13.8. The summed E-state index contributed by atoms with van der Waals surface area (Å²) in [4.78, 5) is 0.